The summed E-state index contributed by atoms with van der Waals surface area (Å²) in [7, 11) is 0. The number of aliphatic carboxylic acids is 8. The maximum atomic E-state index is 12.6. The summed E-state index contributed by atoms with van der Waals surface area (Å²) in [6, 6.07) is 3.13. The molecule has 714 valence electrons. The SMILES string of the molecule is NC(=O)c1ccc(I)c(NO)c1.NC(=O)c1ccc(SCC(NC(=O)CCC(N)C(=O)O)C(=O)NCC(=O)O)c([N+](=O)[O-])c1.NC(CCC(=O)NC(CSc1c(O)cc(C(=O)O)cc1OC1OC(C(=O)O)[C@@H](O)[C@H](O)[C@H]1O)C(=O)NCC(=O)O)C(=O)O.NC(CCC(=O)NC(CSc1c(O)cc(C(=O)OC2OC(C(=O)O)[C@@H](O)[C@H](O)[C@H]2O)cc1O)C(=O)NCC(=O)O)C(=O)O. The zero-order valence-corrected chi connectivity index (χ0v) is 70.8. The molecule has 56 nitrogen and oxygen atoms in total. The number of esters is 1. The predicted molar refractivity (Wildman–Crippen MR) is 439 cm³/mol. The minimum Gasteiger partial charge on any atom is -0.507 e. The van der Waals surface area contributed by atoms with E-state index in [9.17, 15) is 153 Å². The lowest BCUT2D eigenvalue weighted by molar-refractivity contribution is -0.387. The number of nitrogens with one attached hydrogen (secondary N) is 7. The number of rotatable bonds is 44. The van der Waals surface area contributed by atoms with Gasteiger partial charge in [-0.1, -0.05) is 0 Å². The van der Waals surface area contributed by atoms with Gasteiger partial charge in [-0.25, -0.2) is 19.2 Å². The van der Waals surface area contributed by atoms with Gasteiger partial charge in [-0.2, -0.15) is 0 Å². The van der Waals surface area contributed by atoms with E-state index in [1.54, 1.807) is 12.1 Å². The van der Waals surface area contributed by atoms with Crippen molar-refractivity contribution >= 4 is 176 Å². The van der Waals surface area contributed by atoms with Crippen molar-refractivity contribution in [3.8, 4) is 23.0 Å². The third-order valence-electron chi connectivity index (χ3n) is 16.9. The van der Waals surface area contributed by atoms with Gasteiger partial charge in [-0.15, -0.1) is 35.3 Å². The number of carbonyl (C=O) groups excluding carboxylic acids is 9. The van der Waals surface area contributed by atoms with Crippen LogP contribution in [0.3, 0.4) is 0 Å². The van der Waals surface area contributed by atoms with Crippen LogP contribution in [0.25, 0.3) is 0 Å². The third kappa shape index (κ3) is 35.9. The smallest absolute Gasteiger partial charge is 0.340 e. The van der Waals surface area contributed by atoms with Crippen LogP contribution in [0, 0.1) is 13.7 Å². The highest BCUT2D eigenvalue weighted by Gasteiger charge is 2.50. The van der Waals surface area contributed by atoms with Crippen LogP contribution in [0.4, 0.5) is 11.4 Å². The molecule has 4 aromatic rings. The van der Waals surface area contributed by atoms with Gasteiger partial charge in [-0.3, -0.25) is 87.9 Å². The molecule has 36 N–H and O–H groups in total. The maximum Gasteiger partial charge on any atom is 0.340 e. The maximum absolute atomic E-state index is 12.6. The number of amides is 8. The second kappa shape index (κ2) is 53.1. The molecule has 0 aromatic heterocycles. The van der Waals surface area contributed by atoms with E-state index in [0.29, 0.717) is 34.8 Å². The van der Waals surface area contributed by atoms with E-state index in [1.807, 2.05) is 38.7 Å². The van der Waals surface area contributed by atoms with Crippen LogP contribution >= 0.6 is 57.9 Å². The third-order valence-corrected chi connectivity index (χ3v) is 21.4. The summed E-state index contributed by atoms with van der Waals surface area (Å²) >= 11 is 3.98. The van der Waals surface area contributed by atoms with Crippen molar-refractivity contribution < 1.29 is 207 Å². The Hall–Kier alpha value is -13.0. The van der Waals surface area contributed by atoms with Crippen molar-refractivity contribution in [2.24, 2.45) is 28.7 Å². The number of carbonyl (C=O) groups is 18. The van der Waals surface area contributed by atoms with Gasteiger partial charge in [0.05, 0.1) is 36.4 Å². The van der Waals surface area contributed by atoms with Gasteiger partial charge < -0.3 is 171 Å². The molecule has 0 saturated carbocycles. The lowest BCUT2D eigenvalue weighted by Crippen LogP contribution is -2.61. The quantitative estimate of drug-likeness (QED) is 0.00643. The Morgan fingerprint density at radius 2 is 0.831 bits per heavy atom. The highest BCUT2D eigenvalue weighted by atomic mass is 127. The number of aromatic carboxylic acids is 1. The molecule has 0 aliphatic carbocycles. The van der Waals surface area contributed by atoms with Crippen molar-refractivity contribution in [2.75, 3.05) is 42.4 Å². The first kappa shape index (κ1) is 111. The van der Waals surface area contributed by atoms with Crippen LogP contribution in [0.5, 0.6) is 23.0 Å². The van der Waals surface area contributed by atoms with E-state index in [-0.39, 0.29) is 51.7 Å². The fourth-order valence-electron chi connectivity index (χ4n) is 10.0. The normalized spacial score (nSPS) is 19.1. The fourth-order valence-corrected chi connectivity index (χ4v) is 13.5. The van der Waals surface area contributed by atoms with Gasteiger partial charge in [0.2, 0.25) is 59.8 Å². The molecule has 0 radical (unpaired) electrons. The highest BCUT2D eigenvalue weighted by molar-refractivity contribution is 14.1. The number of ether oxygens (including phenoxy) is 4. The first-order chi connectivity index (χ1) is 60.6. The molecule has 2 saturated heterocycles. The van der Waals surface area contributed by atoms with Gasteiger partial charge in [-0.05, 0) is 96.5 Å². The molecule has 60 heteroatoms. The average Bonchev–Trinajstić information content (AvgIpc) is 0.790. The van der Waals surface area contributed by atoms with Gasteiger partial charge in [0.25, 0.3) is 5.69 Å². The Labute approximate surface area is 753 Å². The summed E-state index contributed by atoms with van der Waals surface area (Å²) in [5.74, 6) is -25.1. The number of carboxylic acid groups (broad SMARTS) is 9. The summed E-state index contributed by atoms with van der Waals surface area (Å²) in [4.78, 5) is 218. The molecule has 0 bridgehead atoms. The molecule has 130 heavy (non-hydrogen) atoms. The van der Waals surface area contributed by atoms with Crippen LogP contribution in [-0.2, 0) is 81.3 Å². The van der Waals surface area contributed by atoms with Crippen molar-refractivity contribution in [1.29, 1.82) is 0 Å². The number of aromatic hydroxyl groups is 3. The van der Waals surface area contributed by atoms with E-state index in [1.165, 1.54) is 18.2 Å². The molecule has 0 spiro atoms. The minimum atomic E-state index is -2.08. The molecule has 2 aliphatic rings. The molecule has 4 aromatic carbocycles. The number of aliphatic hydroxyl groups excluding tert-OH is 6. The molecule has 10 unspecified atom stereocenters. The first-order valence-corrected chi connectivity index (χ1v) is 40.3. The largest absolute Gasteiger partial charge is 0.507 e. The summed E-state index contributed by atoms with van der Waals surface area (Å²) in [5.41, 5.74) is 27.4. The highest BCUT2D eigenvalue weighted by Crippen LogP contribution is 2.42. The topological polar surface area (TPSA) is 986 Å². The Kier molecular flexibility index (Phi) is 45.4. The molecule has 6 rings (SSSR count). The monoisotopic (exact) mass is 2020 g/mol. The predicted octanol–water partition coefficient (Wildman–Crippen LogP) is -7.70. The minimum absolute atomic E-state index is 0.0678. The Bertz CT molecular complexity index is 4830. The number of thioether (sulfide) groups is 3. The summed E-state index contributed by atoms with van der Waals surface area (Å²) in [6.07, 6.45) is -22.6. The van der Waals surface area contributed by atoms with E-state index in [4.69, 9.17) is 88.6 Å². The number of aliphatic hydroxyl groups is 6. The summed E-state index contributed by atoms with van der Waals surface area (Å²) < 4.78 is 21.0. The van der Waals surface area contributed by atoms with Gasteiger partial charge >= 0.3 is 59.7 Å². The molecule has 2 aliphatic heterocycles. The summed E-state index contributed by atoms with van der Waals surface area (Å²) in [6.45, 7) is -2.38. The Morgan fingerprint density at radius 3 is 1.20 bits per heavy atom. The average molecular weight is 2020 g/mol. The number of hydrogen-bond acceptors (Lipinski definition) is 41. The summed E-state index contributed by atoms with van der Waals surface area (Å²) in [5, 5.41) is 205. The number of phenols is 3. The number of nitro benzene ring substituents is 1. The van der Waals surface area contributed by atoms with E-state index < -0.39 is 293 Å². The number of benzene rings is 4. The second-order valence-corrected chi connectivity index (χ2v) is 30.8. The van der Waals surface area contributed by atoms with Crippen LogP contribution in [-0.4, -0.2) is 344 Å². The van der Waals surface area contributed by atoms with Crippen LogP contribution < -0.4 is 70.8 Å². The zero-order valence-electron chi connectivity index (χ0n) is 66.2. The van der Waals surface area contributed by atoms with Crippen molar-refractivity contribution in [2.45, 2.75) is 151 Å². The van der Waals surface area contributed by atoms with Crippen LogP contribution in [0.1, 0.15) is 80.0 Å². The number of halogens is 1. The number of nitro groups is 1. The lowest BCUT2D eigenvalue weighted by atomic mass is 9.99. The number of nitrogens with two attached hydrogens (primary N) is 5. The lowest BCUT2D eigenvalue weighted by Gasteiger charge is -2.38. The van der Waals surface area contributed by atoms with Gasteiger partial charge in [0.1, 0.15) is 116 Å². The Balaban J connectivity index is 0.000000475. The van der Waals surface area contributed by atoms with E-state index in [2.05, 4.69) is 21.3 Å². The fraction of sp³-hybridized carbons (Fsp3) is 0.400. The van der Waals surface area contributed by atoms with E-state index in [0.717, 1.165) is 45.7 Å². The number of carboxylic acids is 9. The number of anilines is 1. The van der Waals surface area contributed by atoms with E-state index >= 15 is 0 Å². The molecule has 16 atom stereocenters. The van der Waals surface area contributed by atoms with Gasteiger partial charge in [0, 0.05) is 57.3 Å². The zero-order chi connectivity index (χ0) is 98.7. The number of hydrogen-bond donors (Lipinski definition) is 31. The molecule has 2 heterocycles. The molecular weight excluding hydrogens is 1930 g/mol. The second-order valence-electron chi connectivity index (χ2n) is 26.5. The molecular formula is C70H86IN13O43S3. The van der Waals surface area contributed by atoms with Gasteiger partial charge in [0.15, 0.2) is 12.2 Å². The van der Waals surface area contributed by atoms with Crippen molar-refractivity contribution in [3.05, 3.63) is 96.6 Å². The van der Waals surface area contributed by atoms with Crippen LogP contribution in [0.15, 0.2) is 75.4 Å². The van der Waals surface area contributed by atoms with Crippen molar-refractivity contribution in [3.63, 3.8) is 0 Å². The molecule has 2 fully saturated rings. The number of nitrogens with zero attached hydrogens (tertiary/aromatic N) is 1. The van der Waals surface area contributed by atoms with Crippen molar-refractivity contribution in [1.82, 2.24) is 31.9 Å². The number of primary amides is 2. The molecule has 8 amide bonds. The first-order valence-electron chi connectivity index (χ1n) is 36.3. The standard InChI is InChI=1S/2C23H29N3O16S.C17H21N5O9S.C7H7IN2O2/c24-8(20(36)37)1-2-12(29)26-9(19(35)25-5-13(30)31)6-43-18-10(27)3-7(4-11(18)28)22(40)42-23-16(34)14(32)15(33)17(41-23)21(38)39;24-8(21(37)38)1-2-12(28)26-9(19(34)25-5-13(29)30)6-43-18-10(27)3-7(20(35)36)4-11(18)41-23-16(33)14(31)15(32)17(42-23)22(39)40;18-9(17(28)29)2-4-13(23)21-10(16(27)20-6-14(24)25)7-32-12-3-1-8(15(19)26)5-11(12)22(30)31;8-5-2-1-4(7(9)11)3-6(5)10-12/h3-4,8-9,14-17,23,27-28,32-34H,1-2,5-6,24H2,(H,25,35)(H,26,29)(H,30,31)(H,36,37)(H,38,39);3-4,8-9,14-17,23,27,31-33H,1-2,5-6,24H2,(H,25,34)(H,26,28)(H,29,30)(H,35,36)(H,37,38)(H,39,40);1,3,5,9-10H,2,4,6-7,18H2,(H2,19,26)(H,20,27)(H,21,23)(H,24,25)(H,28,29);1-3,10,12H,(H2,9,11)/t2*8?,9?,14-,15-,16+,17?,23?;;/m00../s1. The Morgan fingerprint density at radius 1 is 0.469 bits per heavy atom. The number of phenolic OH excluding ortho intramolecular Hbond substituents is 3. The van der Waals surface area contributed by atoms with Crippen LogP contribution in [0.2, 0.25) is 0 Å².